The van der Waals surface area contributed by atoms with E-state index < -0.39 is 0 Å². The molecule has 0 atom stereocenters. The Labute approximate surface area is 175 Å². The summed E-state index contributed by atoms with van der Waals surface area (Å²) in [6.07, 6.45) is 7.49. The summed E-state index contributed by atoms with van der Waals surface area (Å²) in [4.78, 5) is 35.1. The van der Waals surface area contributed by atoms with Gasteiger partial charge in [0.25, 0.3) is 5.91 Å². The van der Waals surface area contributed by atoms with Gasteiger partial charge >= 0.3 is 0 Å². The van der Waals surface area contributed by atoms with Gasteiger partial charge in [0.15, 0.2) is 0 Å². The number of hydrogen-bond acceptors (Lipinski definition) is 3. The molecule has 1 aliphatic heterocycles. The third-order valence-corrected chi connectivity index (χ3v) is 6.58. The Hall–Kier alpha value is -3.15. The first-order valence-electron chi connectivity index (χ1n) is 10.7. The average Bonchev–Trinajstić information content (AvgIpc) is 3.33. The fourth-order valence-corrected chi connectivity index (χ4v) is 5.10. The van der Waals surface area contributed by atoms with Gasteiger partial charge in [0, 0.05) is 30.8 Å². The molecule has 1 saturated carbocycles. The zero-order valence-electron chi connectivity index (χ0n) is 17.0. The Bertz CT molecular complexity index is 1100. The van der Waals surface area contributed by atoms with Gasteiger partial charge in [-0.2, -0.15) is 0 Å². The highest BCUT2D eigenvalue weighted by Gasteiger charge is 2.39. The van der Waals surface area contributed by atoms with Crippen molar-refractivity contribution in [1.82, 2.24) is 14.9 Å². The molecule has 2 aromatic carbocycles. The second-order valence-corrected chi connectivity index (χ2v) is 8.74. The van der Waals surface area contributed by atoms with Crippen molar-refractivity contribution < 1.29 is 9.59 Å². The van der Waals surface area contributed by atoms with Gasteiger partial charge in [-0.15, -0.1) is 0 Å². The molecule has 2 heterocycles. The molecule has 5 rings (SSSR count). The number of aromatic amines is 1. The van der Waals surface area contributed by atoms with Crippen LogP contribution in [0.15, 0.2) is 48.8 Å². The summed E-state index contributed by atoms with van der Waals surface area (Å²) in [6, 6.07) is 13.5. The smallest absolute Gasteiger partial charge is 0.254 e. The van der Waals surface area contributed by atoms with Crippen LogP contribution in [0.3, 0.4) is 0 Å². The highest BCUT2D eigenvalue weighted by molar-refractivity contribution is 5.98. The lowest BCUT2D eigenvalue weighted by Crippen LogP contribution is -2.41. The second-order valence-electron chi connectivity index (χ2n) is 8.74. The molecule has 0 radical (unpaired) electrons. The Morgan fingerprint density at radius 1 is 1.13 bits per heavy atom. The molecule has 0 spiro atoms. The van der Waals surface area contributed by atoms with E-state index in [1.165, 1.54) is 6.42 Å². The second kappa shape index (κ2) is 7.59. The predicted octanol–water partition coefficient (Wildman–Crippen LogP) is 4.50. The minimum Gasteiger partial charge on any atom is -0.345 e. The largest absolute Gasteiger partial charge is 0.345 e. The van der Waals surface area contributed by atoms with Gasteiger partial charge in [0.05, 0.1) is 17.4 Å². The van der Waals surface area contributed by atoms with E-state index in [0.717, 1.165) is 53.5 Å². The molecule has 30 heavy (non-hydrogen) atoms. The quantitative estimate of drug-likeness (QED) is 0.660. The van der Waals surface area contributed by atoms with Crippen LogP contribution in [-0.4, -0.2) is 33.2 Å². The summed E-state index contributed by atoms with van der Waals surface area (Å²) in [5.74, 6) is 0.112. The molecular weight excluding hydrogens is 376 g/mol. The van der Waals surface area contributed by atoms with Crippen molar-refractivity contribution in [2.75, 3.05) is 11.9 Å². The van der Waals surface area contributed by atoms with E-state index in [9.17, 15) is 9.59 Å². The van der Waals surface area contributed by atoms with Gasteiger partial charge in [-0.05, 0) is 48.1 Å². The number of anilines is 1. The SMILES string of the molecule is O=C(CC1(CN2Cc3ccccc3C2=O)CCCCC1)Nc1ccc2nc[nH]c2c1. The van der Waals surface area contributed by atoms with Gasteiger partial charge in [0.1, 0.15) is 0 Å². The van der Waals surface area contributed by atoms with Crippen LogP contribution >= 0.6 is 0 Å². The van der Waals surface area contributed by atoms with Crippen LogP contribution in [-0.2, 0) is 11.3 Å². The van der Waals surface area contributed by atoms with Crippen molar-refractivity contribution in [1.29, 1.82) is 0 Å². The molecule has 2 N–H and O–H groups in total. The number of hydrogen-bond donors (Lipinski definition) is 2. The first-order chi connectivity index (χ1) is 14.6. The molecule has 1 aromatic heterocycles. The zero-order chi connectivity index (χ0) is 20.6. The minimum atomic E-state index is -0.155. The van der Waals surface area contributed by atoms with E-state index in [-0.39, 0.29) is 17.2 Å². The van der Waals surface area contributed by atoms with Gasteiger partial charge in [-0.1, -0.05) is 37.5 Å². The van der Waals surface area contributed by atoms with Crippen LogP contribution in [0.4, 0.5) is 5.69 Å². The number of aromatic nitrogens is 2. The van der Waals surface area contributed by atoms with Crippen molar-refractivity contribution in [3.8, 4) is 0 Å². The third-order valence-electron chi connectivity index (χ3n) is 6.58. The highest BCUT2D eigenvalue weighted by atomic mass is 16.2. The molecule has 0 unspecified atom stereocenters. The van der Waals surface area contributed by atoms with Gasteiger partial charge in [-0.25, -0.2) is 4.98 Å². The van der Waals surface area contributed by atoms with Crippen molar-refractivity contribution in [3.63, 3.8) is 0 Å². The number of benzene rings is 2. The summed E-state index contributed by atoms with van der Waals surface area (Å²) >= 11 is 0. The molecule has 0 saturated heterocycles. The number of rotatable bonds is 5. The van der Waals surface area contributed by atoms with Crippen molar-refractivity contribution in [3.05, 3.63) is 59.9 Å². The van der Waals surface area contributed by atoms with E-state index in [2.05, 4.69) is 15.3 Å². The number of carbonyl (C=O) groups is 2. The average molecular weight is 402 g/mol. The molecule has 2 amide bonds. The lowest BCUT2D eigenvalue weighted by atomic mass is 9.71. The van der Waals surface area contributed by atoms with E-state index in [1.807, 2.05) is 47.4 Å². The number of fused-ring (bicyclic) bond motifs is 2. The van der Waals surface area contributed by atoms with Crippen LogP contribution in [0, 0.1) is 5.41 Å². The number of nitrogens with one attached hydrogen (secondary N) is 2. The van der Waals surface area contributed by atoms with Crippen molar-refractivity contribution >= 4 is 28.5 Å². The summed E-state index contributed by atoms with van der Waals surface area (Å²) < 4.78 is 0. The van der Waals surface area contributed by atoms with Gasteiger partial charge < -0.3 is 15.2 Å². The number of H-pyrrole nitrogens is 1. The molecule has 1 aliphatic carbocycles. The maximum absolute atomic E-state index is 13.0. The van der Waals surface area contributed by atoms with Crippen LogP contribution in [0.25, 0.3) is 11.0 Å². The zero-order valence-corrected chi connectivity index (χ0v) is 17.0. The maximum atomic E-state index is 13.0. The first kappa shape index (κ1) is 18.9. The Kier molecular flexibility index (Phi) is 4.77. The molecule has 6 heteroatoms. The summed E-state index contributed by atoms with van der Waals surface area (Å²) in [7, 11) is 0. The van der Waals surface area contributed by atoms with Crippen LogP contribution in [0.2, 0.25) is 0 Å². The number of imidazole rings is 1. The van der Waals surface area contributed by atoms with E-state index in [1.54, 1.807) is 6.33 Å². The molecule has 1 fully saturated rings. The van der Waals surface area contributed by atoms with Crippen LogP contribution in [0.5, 0.6) is 0 Å². The molecule has 3 aromatic rings. The standard InChI is InChI=1S/C24H26N4O2/c29-22(27-18-8-9-20-21(12-18)26-16-25-20)13-24(10-4-1-5-11-24)15-28-14-17-6-2-3-7-19(17)23(28)30/h2-3,6-9,12,16H,1,4-5,10-11,13-15H2,(H,25,26)(H,27,29). The topological polar surface area (TPSA) is 78.1 Å². The van der Waals surface area contributed by atoms with Crippen LogP contribution < -0.4 is 5.32 Å². The molecule has 6 nitrogen and oxygen atoms in total. The first-order valence-corrected chi connectivity index (χ1v) is 10.7. The van der Waals surface area contributed by atoms with E-state index in [4.69, 9.17) is 0 Å². The highest BCUT2D eigenvalue weighted by Crippen LogP contribution is 2.41. The predicted molar refractivity (Wildman–Crippen MR) is 116 cm³/mol. The Balaban J connectivity index is 1.31. The Morgan fingerprint density at radius 3 is 2.80 bits per heavy atom. The Morgan fingerprint density at radius 2 is 1.97 bits per heavy atom. The fraction of sp³-hybridized carbons (Fsp3) is 0.375. The number of nitrogens with zero attached hydrogens (tertiary/aromatic N) is 2. The normalized spacial score (nSPS) is 17.9. The summed E-state index contributed by atoms with van der Waals surface area (Å²) in [6.45, 7) is 1.29. The molecular formula is C24H26N4O2. The van der Waals surface area contributed by atoms with Gasteiger partial charge in [0.2, 0.25) is 5.91 Å². The molecule has 2 aliphatic rings. The number of amides is 2. The van der Waals surface area contributed by atoms with Gasteiger partial charge in [-0.3, -0.25) is 9.59 Å². The van der Waals surface area contributed by atoms with Crippen molar-refractivity contribution in [2.45, 2.75) is 45.1 Å². The van der Waals surface area contributed by atoms with E-state index >= 15 is 0 Å². The molecule has 154 valence electrons. The van der Waals surface area contributed by atoms with Crippen molar-refractivity contribution in [2.24, 2.45) is 5.41 Å². The summed E-state index contributed by atoms with van der Waals surface area (Å²) in [5.41, 5.74) is 4.29. The molecule has 0 bridgehead atoms. The monoisotopic (exact) mass is 402 g/mol. The minimum absolute atomic E-state index is 0.0138. The lowest BCUT2D eigenvalue weighted by molar-refractivity contribution is -0.119. The number of carbonyl (C=O) groups excluding carboxylic acids is 2. The van der Waals surface area contributed by atoms with Crippen LogP contribution in [0.1, 0.15) is 54.4 Å². The van der Waals surface area contributed by atoms with E-state index in [0.29, 0.717) is 19.5 Å². The summed E-state index contributed by atoms with van der Waals surface area (Å²) in [5, 5.41) is 3.06. The fourth-order valence-electron chi connectivity index (χ4n) is 5.10. The maximum Gasteiger partial charge on any atom is 0.254 e. The third kappa shape index (κ3) is 3.58. The lowest BCUT2D eigenvalue weighted by Gasteiger charge is -2.39.